The van der Waals surface area contributed by atoms with Crippen LogP contribution in [0.3, 0.4) is 0 Å². The zero-order valence-electron chi connectivity index (χ0n) is 16.7. The number of hydrogen-bond acceptors (Lipinski definition) is 4. The lowest BCUT2D eigenvalue weighted by molar-refractivity contribution is 0.0919. The van der Waals surface area contributed by atoms with Crippen molar-refractivity contribution in [3.05, 3.63) is 59.7 Å². The molecule has 2 aromatic rings. The van der Waals surface area contributed by atoms with Crippen LogP contribution in [0, 0.1) is 0 Å². The third-order valence-electron chi connectivity index (χ3n) is 4.22. The van der Waals surface area contributed by atoms with Crippen LogP contribution in [0.1, 0.15) is 54.3 Å². The number of sulfonamides is 1. The second-order valence-corrected chi connectivity index (χ2v) is 9.87. The zero-order chi connectivity index (χ0) is 21.2. The molecular weight excluding hydrogens is 390 g/mol. The number of carbonyl (C=O) groups is 2. The molecule has 1 aliphatic rings. The van der Waals surface area contributed by atoms with Gasteiger partial charge in [0.05, 0.1) is 4.90 Å². The van der Waals surface area contributed by atoms with Gasteiger partial charge >= 0.3 is 0 Å². The molecule has 0 aromatic heterocycles. The van der Waals surface area contributed by atoms with E-state index in [2.05, 4.69) is 15.4 Å². The zero-order valence-corrected chi connectivity index (χ0v) is 17.5. The Hall–Kier alpha value is -2.71. The standard InChI is InChI=1S/C21H25N3O4S/c1-21(2,3)23-20(26)15-4-8-16(9-5-15)22-19(25)14-6-12-18(13-7-14)29(27,28)24-17-10-11-17/h4-9,12-13,17,24H,10-11H2,1-3H3,(H,22,25)(H,23,26). The van der Waals surface area contributed by atoms with Crippen molar-refractivity contribution in [2.24, 2.45) is 0 Å². The molecule has 0 radical (unpaired) electrons. The van der Waals surface area contributed by atoms with Gasteiger partial charge in [-0.05, 0) is 82.1 Å². The highest BCUT2D eigenvalue weighted by Crippen LogP contribution is 2.22. The quantitative estimate of drug-likeness (QED) is 0.675. The van der Waals surface area contributed by atoms with Crippen LogP contribution >= 0.6 is 0 Å². The van der Waals surface area contributed by atoms with E-state index in [0.29, 0.717) is 16.8 Å². The lowest BCUT2D eigenvalue weighted by Crippen LogP contribution is -2.40. The minimum Gasteiger partial charge on any atom is -0.347 e. The van der Waals surface area contributed by atoms with Crippen LogP contribution in [0.15, 0.2) is 53.4 Å². The van der Waals surface area contributed by atoms with E-state index < -0.39 is 10.0 Å². The molecule has 0 unspecified atom stereocenters. The monoisotopic (exact) mass is 415 g/mol. The summed E-state index contributed by atoms with van der Waals surface area (Å²) in [5.74, 6) is -0.553. The molecule has 2 amide bonds. The molecule has 154 valence electrons. The molecule has 0 bridgehead atoms. The van der Waals surface area contributed by atoms with Crippen LogP contribution < -0.4 is 15.4 Å². The van der Waals surface area contributed by atoms with Crippen LogP contribution in [0.4, 0.5) is 5.69 Å². The highest BCUT2D eigenvalue weighted by Gasteiger charge is 2.28. The van der Waals surface area contributed by atoms with E-state index in [9.17, 15) is 18.0 Å². The summed E-state index contributed by atoms with van der Waals surface area (Å²) in [5, 5.41) is 5.61. The van der Waals surface area contributed by atoms with Gasteiger partial charge in [0.1, 0.15) is 0 Å². The molecule has 2 aromatic carbocycles. The van der Waals surface area contributed by atoms with Crippen molar-refractivity contribution in [3.8, 4) is 0 Å². The van der Waals surface area contributed by atoms with Crippen molar-refractivity contribution in [1.29, 1.82) is 0 Å². The molecule has 1 saturated carbocycles. The molecule has 3 rings (SSSR count). The molecule has 1 aliphatic carbocycles. The molecule has 0 aliphatic heterocycles. The predicted molar refractivity (Wildman–Crippen MR) is 111 cm³/mol. The van der Waals surface area contributed by atoms with Gasteiger partial charge in [0.2, 0.25) is 10.0 Å². The Morgan fingerprint density at radius 3 is 1.90 bits per heavy atom. The lowest BCUT2D eigenvalue weighted by Gasteiger charge is -2.20. The Morgan fingerprint density at radius 2 is 1.38 bits per heavy atom. The first kappa shape index (κ1) is 21.0. The fourth-order valence-corrected chi connectivity index (χ4v) is 3.90. The number of hydrogen-bond donors (Lipinski definition) is 3. The van der Waals surface area contributed by atoms with Crippen molar-refractivity contribution < 1.29 is 18.0 Å². The summed E-state index contributed by atoms with van der Waals surface area (Å²) in [7, 11) is -3.54. The number of benzene rings is 2. The number of amides is 2. The molecular formula is C21H25N3O4S. The lowest BCUT2D eigenvalue weighted by atomic mass is 10.1. The average Bonchev–Trinajstić information content (AvgIpc) is 3.44. The molecule has 0 spiro atoms. The SMILES string of the molecule is CC(C)(C)NC(=O)c1ccc(NC(=O)c2ccc(S(=O)(=O)NC3CC3)cc2)cc1. The number of carbonyl (C=O) groups excluding carboxylic acids is 2. The Bertz CT molecular complexity index is 1000. The van der Waals surface area contributed by atoms with Gasteiger partial charge in [0.25, 0.3) is 11.8 Å². The summed E-state index contributed by atoms with van der Waals surface area (Å²) in [6, 6.07) is 12.4. The molecule has 0 saturated heterocycles. The Balaban J connectivity index is 1.63. The van der Waals surface area contributed by atoms with E-state index in [0.717, 1.165) is 12.8 Å². The number of rotatable bonds is 6. The van der Waals surface area contributed by atoms with Gasteiger partial charge < -0.3 is 10.6 Å². The molecule has 1 fully saturated rings. The van der Waals surface area contributed by atoms with Crippen LogP contribution in [0.5, 0.6) is 0 Å². The van der Waals surface area contributed by atoms with E-state index in [1.54, 1.807) is 24.3 Å². The summed E-state index contributed by atoms with van der Waals surface area (Å²) in [6.07, 6.45) is 1.72. The fraction of sp³-hybridized carbons (Fsp3) is 0.333. The third kappa shape index (κ3) is 5.88. The molecule has 29 heavy (non-hydrogen) atoms. The predicted octanol–water partition coefficient (Wildman–Crippen LogP) is 2.91. The van der Waals surface area contributed by atoms with Crippen molar-refractivity contribution in [1.82, 2.24) is 10.0 Å². The average molecular weight is 416 g/mol. The highest BCUT2D eigenvalue weighted by molar-refractivity contribution is 7.89. The summed E-state index contributed by atoms with van der Waals surface area (Å²) < 4.78 is 27.0. The number of nitrogens with one attached hydrogen (secondary N) is 3. The van der Waals surface area contributed by atoms with Crippen LogP contribution in [0.2, 0.25) is 0 Å². The van der Waals surface area contributed by atoms with E-state index in [1.165, 1.54) is 24.3 Å². The molecule has 3 N–H and O–H groups in total. The maximum atomic E-state index is 12.4. The summed E-state index contributed by atoms with van der Waals surface area (Å²) in [4.78, 5) is 24.7. The van der Waals surface area contributed by atoms with Crippen LogP contribution in [-0.2, 0) is 10.0 Å². The normalized spacial score (nSPS) is 14.3. The molecule has 8 heteroatoms. The van der Waals surface area contributed by atoms with Gasteiger partial charge in [-0.1, -0.05) is 0 Å². The Kier molecular flexibility index (Phi) is 5.77. The van der Waals surface area contributed by atoms with Gasteiger partial charge in [0.15, 0.2) is 0 Å². The van der Waals surface area contributed by atoms with Gasteiger partial charge in [-0.25, -0.2) is 13.1 Å². The van der Waals surface area contributed by atoms with Crippen LogP contribution in [0.25, 0.3) is 0 Å². The van der Waals surface area contributed by atoms with E-state index >= 15 is 0 Å². The van der Waals surface area contributed by atoms with Gasteiger partial charge in [0, 0.05) is 28.4 Å². The summed E-state index contributed by atoms with van der Waals surface area (Å²) in [6.45, 7) is 5.70. The molecule has 0 heterocycles. The van der Waals surface area contributed by atoms with E-state index in [-0.39, 0.29) is 28.3 Å². The van der Waals surface area contributed by atoms with Gasteiger partial charge in [-0.3, -0.25) is 9.59 Å². The van der Waals surface area contributed by atoms with Gasteiger partial charge in [-0.15, -0.1) is 0 Å². The highest BCUT2D eigenvalue weighted by atomic mass is 32.2. The van der Waals surface area contributed by atoms with Crippen molar-refractivity contribution in [2.45, 2.75) is 50.1 Å². The van der Waals surface area contributed by atoms with Crippen molar-refractivity contribution >= 4 is 27.5 Å². The second kappa shape index (κ2) is 7.96. The van der Waals surface area contributed by atoms with E-state index in [4.69, 9.17) is 0 Å². The second-order valence-electron chi connectivity index (χ2n) is 8.16. The van der Waals surface area contributed by atoms with Gasteiger partial charge in [-0.2, -0.15) is 0 Å². The summed E-state index contributed by atoms with van der Waals surface area (Å²) in [5.41, 5.74) is 1.03. The number of anilines is 1. The van der Waals surface area contributed by atoms with Crippen molar-refractivity contribution in [2.75, 3.05) is 5.32 Å². The first-order chi connectivity index (χ1) is 13.5. The first-order valence-electron chi connectivity index (χ1n) is 9.40. The van der Waals surface area contributed by atoms with Crippen LogP contribution in [-0.4, -0.2) is 31.8 Å². The fourth-order valence-electron chi connectivity index (χ4n) is 2.60. The Labute approximate surface area is 171 Å². The smallest absolute Gasteiger partial charge is 0.255 e. The Morgan fingerprint density at radius 1 is 0.862 bits per heavy atom. The minimum absolute atomic E-state index is 0.0245. The van der Waals surface area contributed by atoms with Crippen molar-refractivity contribution in [3.63, 3.8) is 0 Å². The third-order valence-corrected chi connectivity index (χ3v) is 5.76. The maximum absolute atomic E-state index is 12.4. The summed E-state index contributed by atoms with van der Waals surface area (Å²) >= 11 is 0. The van der Waals surface area contributed by atoms with E-state index in [1.807, 2.05) is 20.8 Å². The molecule has 0 atom stereocenters. The molecule has 7 nitrogen and oxygen atoms in total. The minimum atomic E-state index is -3.54. The first-order valence-corrected chi connectivity index (χ1v) is 10.9. The maximum Gasteiger partial charge on any atom is 0.255 e. The topological polar surface area (TPSA) is 104 Å². The largest absolute Gasteiger partial charge is 0.347 e.